The molecule has 0 aromatic heterocycles. The van der Waals surface area contributed by atoms with Gasteiger partial charge in [0.25, 0.3) is 11.4 Å². The molecule has 0 saturated carbocycles. The van der Waals surface area contributed by atoms with Crippen LogP contribution in [0.4, 0.5) is 17.1 Å². The van der Waals surface area contributed by atoms with Crippen LogP contribution in [0.2, 0.25) is 0 Å². The van der Waals surface area contributed by atoms with Gasteiger partial charge in [-0.2, -0.15) is 0 Å². The van der Waals surface area contributed by atoms with Crippen molar-refractivity contribution in [2.45, 2.75) is 37.8 Å². The van der Waals surface area contributed by atoms with Crippen molar-refractivity contribution in [3.05, 3.63) is 68.3 Å². The summed E-state index contributed by atoms with van der Waals surface area (Å²) in [6, 6.07) is 7.10. The van der Waals surface area contributed by atoms with Crippen molar-refractivity contribution < 1.29 is 29.6 Å². The van der Waals surface area contributed by atoms with E-state index in [0.29, 0.717) is 24.9 Å². The van der Waals surface area contributed by atoms with Crippen molar-refractivity contribution in [2.24, 2.45) is 5.73 Å². The lowest BCUT2D eigenvalue weighted by Gasteiger charge is -2.18. The predicted molar refractivity (Wildman–Crippen MR) is 121 cm³/mol. The molecule has 2 rings (SSSR count). The standard InChI is InChI=1S/C21H25N5O8/c22-16(20(28)24-18(21(29)30)11-13-4-7-15(27)8-5-13)3-1-2-10-23-17-9-6-14(25(31)32)12-19(17)26(33)34/h4-9,12,16,18,23,27H,1-3,10-11,22H2,(H,24,28)(H,29,30). The zero-order valence-corrected chi connectivity index (χ0v) is 18.0. The van der Waals surface area contributed by atoms with E-state index in [-0.39, 0.29) is 30.0 Å². The zero-order chi connectivity index (χ0) is 25.3. The summed E-state index contributed by atoms with van der Waals surface area (Å²) in [6.07, 6.45) is 1.23. The molecule has 13 heteroatoms. The third-order valence-corrected chi connectivity index (χ3v) is 4.97. The number of phenols is 1. The van der Waals surface area contributed by atoms with E-state index >= 15 is 0 Å². The van der Waals surface area contributed by atoms with Crippen LogP contribution in [0.1, 0.15) is 24.8 Å². The number of benzene rings is 2. The second-order valence-corrected chi connectivity index (χ2v) is 7.51. The minimum atomic E-state index is -1.22. The monoisotopic (exact) mass is 475 g/mol. The summed E-state index contributed by atoms with van der Waals surface area (Å²) in [5, 5.41) is 45.9. The second-order valence-electron chi connectivity index (χ2n) is 7.51. The Balaban J connectivity index is 1.81. The maximum absolute atomic E-state index is 12.3. The number of carboxylic acid groups (broad SMARTS) is 1. The molecule has 2 aromatic carbocycles. The summed E-state index contributed by atoms with van der Waals surface area (Å²) >= 11 is 0. The van der Waals surface area contributed by atoms with Crippen LogP contribution in [0, 0.1) is 20.2 Å². The molecule has 2 aromatic rings. The van der Waals surface area contributed by atoms with E-state index in [1.807, 2.05) is 0 Å². The number of amides is 1. The van der Waals surface area contributed by atoms with Gasteiger partial charge in [0, 0.05) is 19.0 Å². The summed E-state index contributed by atoms with van der Waals surface area (Å²) in [7, 11) is 0. The van der Waals surface area contributed by atoms with Gasteiger partial charge in [-0.3, -0.25) is 25.0 Å². The van der Waals surface area contributed by atoms with Crippen LogP contribution in [0.25, 0.3) is 0 Å². The molecule has 0 aliphatic heterocycles. The van der Waals surface area contributed by atoms with Crippen LogP contribution in [0.3, 0.4) is 0 Å². The van der Waals surface area contributed by atoms with Gasteiger partial charge in [0.1, 0.15) is 17.5 Å². The number of rotatable bonds is 13. The first-order chi connectivity index (χ1) is 16.1. The lowest BCUT2D eigenvalue weighted by molar-refractivity contribution is -0.393. The Hall–Kier alpha value is -4.26. The highest BCUT2D eigenvalue weighted by molar-refractivity contribution is 5.86. The molecule has 0 saturated heterocycles. The summed E-state index contributed by atoms with van der Waals surface area (Å²) < 4.78 is 0. The molecule has 0 bridgehead atoms. The van der Waals surface area contributed by atoms with Gasteiger partial charge in [-0.1, -0.05) is 12.1 Å². The number of phenolic OH excluding ortho intramolecular Hbond substituents is 1. The molecule has 2 atom stereocenters. The number of anilines is 1. The number of hydrogen-bond donors (Lipinski definition) is 5. The minimum Gasteiger partial charge on any atom is -0.508 e. The number of nitrogens with one attached hydrogen (secondary N) is 2. The Labute approximate surface area is 193 Å². The average molecular weight is 475 g/mol. The second kappa shape index (κ2) is 12.1. The van der Waals surface area contributed by atoms with Crippen LogP contribution in [0.5, 0.6) is 5.75 Å². The van der Waals surface area contributed by atoms with Gasteiger partial charge >= 0.3 is 5.97 Å². The average Bonchev–Trinajstić information content (AvgIpc) is 2.79. The van der Waals surface area contributed by atoms with E-state index in [2.05, 4.69) is 10.6 Å². The maximum atomic E-state index is 12.3. The highest BCUT2D eigenvalue weighted by Crippen LogP contribution is 2.28. The fourth-order valence-corrected chi connectivity index (χ4v) is 3.12. The van der Waals surface area contributed by atoms with Gasteiger partial charge in [0.05, 0.1) is 22.0 Å². The molecule has 13 nitrogen and oxygen atoms in total. The molecule has 0 radical (unpaired) electrons. The summed E-state index contributed by atoms with van der Waals surface area (Å²) in [6.45, 7) is 0.297. The highest BCUT2D eigenvalue weighted by Gasteiger charge is 2.24. The van der Waals surface area contributed by atoms with Gasteiger partial charge in [-0.15, -0.1) is 0 Å². The summed E-state index contributed by atoms with van der Waals surface area (Å²) in [5.74, 6) is -1.80. The predicted octanol–water partition coefficient (Wildman–Crippen LogP) is 1.93. The Morgan fingerprint density at radius 2 is 1.71 bits per heavy atom. The smallest absolute Gasteiger partial charge is 0.326 e. The number of carbonyl (C=O) groups excluding carboxylic acids is 1. The minimum absolute atomic E-state index is 0.0199. The highest BCUT2D eigenvalue weighted by atomic mass is 16.6. The molecular weight excluding hydrogens is 450 g/mol. The number of carbonyl (C=O) groups is 2. The number of hydrogen-bond acceptors (Lipinski definition) is 9. The fourth-order valence-electron chi connectivity index (χ4n) is 3.12. The van der Waals surface area contributed by atoms with Crippen LogP contribution in [0.15, 0.2) is 42.5 Å². The lowest BCUT2D eigenvalue weighted by Crippen LogP contribution is -2.49. The molecule has 0 heterocycles. The van der Waals surface area contributed by atoms with Gasteiger partial charge < -0.3 is 26.6 Å². The Morgan fingerprint density at radius 3 is 2.29 bits per heavy atom. The molecule has 0 aliphatic rings. The molecular formula is C21H25N5O8. The third kappa shape index (κ3) is 7.70. The number of carboxylic acids is 1. The molecule has 0 aliphatic carbocycles. The first kappa shape index (κ1) is 26.0. The van der Waals surface area contributed by atoms with Crippen molar-refractivity contribution in [2.75, 3.05) is 11.9 Å². The van der Waals surface area contributed by atoms with Gasteiger partial charge in [0.2, 0.25) is 5.91 Å². The normalized spacial score (nSPS) is 12.4. The molecule has 1 amide bonds. The van der Waals surface area contributed by atoms with Crippen molar-refractivity contribution >= 4 is 28.9 Å². The molecule has 0 fully saturated rings. The molecule has 34 heavy (non-hydrogen) atoms. The molecule has 0 spiro atoms. The number of nitrogens with two attached hydrogens (primary N) is 1. The number of aromatic hydroxyl groups is 1. The lowest BCUT2D eigenvalue weighted by atomic mass is 10.0. The van der Waals surface area contributed by atoms with Crippen LogP contribution >= 0.6 is 0 Å². The molecule has 2 unspecified atom stereocenters. The van der Waals surface area contributed by atoms with E-state index < -0.39 is 39.5 Å². The zero-order valence-electron chi connectivity index (χ0n) is 18.0. The van der Waals surface area contributed by atoms with Crippen molar-refractivity contribution in [1.29, 1.82) is 0 Å². The number of aliphatic carboxylic acids is 1. The van der Waals surface area contributed by atoms with Gasteiger partial charge in [0.15, 0.2) is 0 Å². The van der Waals surface area contributed by atoms with Crippen molar-refractivity contribution in [1.82, 2.24) is 5.32 Å². The fraction of sp³-hybridized carbons (Fsp3) is 0.333. The SMILES string of the molecule is NC(CCCCNc1ccc([N+](=O)[O-])cc1[N+](=O)[O-])C(=O)NC(Cc1ccc(O)cc1)C(=O)O. The number of non-ortho nitro benzene ring substituents is 1. The maximum Gasteiger partial charge on any atom is 0.326 e. The first-order valence-electron chi connectivity index (χ1n) is 10.3. The third-order valence-electron chi connectivity index (χ3n) is 4.97. The number of nitrogens with zero attached hydrogens (tertiary/aromatic N) is 2. The van der Waals surface area contributed by atoms with Gasteiger partial charge in [-0.05, 0) is 43.0 Å². The van der Waals surface area contributed by atoms with E-state index in [1.165, 1.54) is 18.2 Å². The van der Waals surface area contributed by atoms with Crippen LogP contribution in [-0.2, 0) is 16.0 Å². The van der Waals surface area contributed by atoms with E-state index in [1.54, 1.807) is 12.1 Å². The number of nitro benzene ring substituents is 2. The summed E-state index contributed by atoms with van der Waals surface area (Å²) in [5.41, 5.74) is 5.81. The molecule has 6 N–H and O–H groups in total. The Morgan fingerprint density at radius 1 is 1.03 bits per heavy atom. The van der Waals surface area contributed by atoms with E-state index in [0.717, 1.165) is 12.1 Å². The summed E-state index contributed by atoms with van der Waals surface area (Å²) in [4.78, 5) is 44.3. The first-order valence-corrected chi connectivity index (χ1v) is 10.3. The number of nitro groups is 2. The van der Waals surface area contributed by atoms with Crippen LogP contribution < -0.4 is 16.4 Å². The van der Waals surface area contributed by atoms with Crippen molar-refractivity contribution in [3.63, 3.8) is 0 Å². The quantitative estimate of drug-likeness (QED) is 0.161. The Bertz CT molecular complexity index is 1040. The van der Waals surface area contributed by atoms with Gasteiger partial charge in [-0.25, -0.2) is 4.79 Å². The van der Waals surface area contributed by atoms with Crippen molar-refractivity contribution in [3.8, 4) is 5.75 Å². The van der Waals surface area contributed by atoms with Crippen LogP contribution in [-0.4, -0.2) is 50.6 Å². The van der Waals surface area contributed by atoms with E-state index in [9.17, 15) is 40.0 Å². The Kier molecular flexibility index (Phi) is 9.26. The number of unbranched alkanes of at least 4 members (excludes halogenated alkanes) is 1. The topological polar surface area (TPSA) is 211 Å². The molecule has 182 valence electrons. The largest absolute Gasteiger partial charge is 0.508 e. The van der Waals surface area contributed by atoms with E-state index in [4.69, 9.17) is 5.73 Å².